The molecule has 1 aromatic heterocycles. The number of aromatic nitrogens is 1. The Morgan fingerprint density at radius 2 is 2.03 bits per heavy atom. The Morgan fingerprint density at radius 1 is 1.33 bits per heavy atom. The topological polar surface area (TPSA) is 94.9 Å². The zero-order chi connectivity index (χ0) is 24.2. The molecule has 1 aromatic carbocycles. The third kappa shape index (κ3) is 3.68. The van der Waals surface area contributed by atoms with Gasteiger partial charge in [0.25, 0.3) is 11.8 Å². The predicted molar refractivity (Wildman–Crippen MR) is 119 cm³/mol. The molecule has 3 heterocycles. The first-order chi connectivity index (χ1) is 15.5. The summed E-state index contributed by atoms with van der Waals surface area (Å²) < 4.78 is 28.3. The van der Waals surface area contributed by atoms with Crippen LogP contribution >= 0.6 is 12.6 Å². The molecule has 2 N–H and O–H groups in total. The van der Waals surface area contributed by atoms with Crippen molar-refractivity contribution >= 4 is 24.4 Å². The van der Waals surface area contributed by atoms with E-state index in [9.17, 15) is 28.3 Å². The summed E-state index contributed by atoms with van der Waals surface area (Å²) in [5.74, 6) is -3.84. The van der Waals surface area contributed by atoms with Crippen molar-refractivity contribution in [2.75, 3.05) is 6.54 Å². The maximum atomic E-state index is 13.9. The van der Waals surface area contributed by atoms with Gasteiger partial charge in [0.05, 0.1) is 6.54 Å². The molecular formula is C22H24F2N4O4S. The molecule has 0 aliphatic carbocycles. The molecule has 33 heavy (non-hydrogen) atoms. The minimum absolute atomic E-state index is 0.0106. The van der Waals surface area contributed by atoms with Crippen LogP contribution in [0.25, 0.3) is 0 Å². The number of hydrogen-bond acceptors (Lipinski definition) is 6. The number of aromatic hydroxyl groups is 1. The number of amides is 2. The van der Waals surface area contributed by atoms with Crippen LogP contribution in [0.5, 0.6) is 5.75 Å². The molecule has 0 radical (unpaired) electrons. The molecule has 2 atom stereocenters. The van der Waals surface area contributed by atoms with E-state index in [0.29, 0.717) is 12.6 Å². The number of nitrogens with one attached hydrogen (secondary N) is 1. The highest BCUT2D eigenvalue weighted by molar-refractivity contribution is 7.81. The van der Waals surface area contributed by atoms with Crippen LogP contribution in [0.2, 0.25) is 0 Å². The fourth-order valence-electron chi connectivity index (χ4n) is 4.78. The molecule has 0 spiro atoms. The molecular weight excluding hydrogens is 454 g/mol. The SMILES string of the molecule is CC(C)N1[C@@H](C)CN2C(=O)c3c(O)c(=O)c(C(=O)NCc4ccc(F)cc4F)cn3CC21S. The van der Waals surface area contributed by atoms with Crippen molar-refractivity contribution in [2.45, 2.75) is 50.9 Å². The van der Waals surface area contributed by atoms with Gasteiger partial charge in [-0.25, -0.2) is 8.78 Å². The predicted octanol–water partition coefficient (Wildman–Crippen LogP) is 1.91. The Bertz CT molecular complexity index is 1220. The highest BCUT2D eigenvalue weighted by Gasteiger charge is 2.55. The van der Waals surface area contributed by atoms with Crippen molar-refractivity contribution in [1.82, 2.24) is 19.7 Å². The van der Waals surface area contributed by atoms with Gasteiger partial charge in [-0.3, -0.25) is 19.3 Å². The van der Waals surface area contributed by atoms with E-state index in [1.165, 1.54) is 21.7 Å². The normalized spacial score (nSPS) is 22.5. The van der Waals surface area contributed by atoms with E-state index in [-0.39, 0.29) is 36.4 Å². The number of carbonyl (C=O) groups is 2. The van der Waals surface area contributed by atoms with Crippen molar-refractivity contribution in [3.63, 3.8) is 0 Å². The Kier molecular flexibility index (Phi) is 5.73. The van der Waals surface area contributed by atoms with Gasteiger partial charge in [0.1, 0.15) is 17.2 Å². The van der Waals surface area contributed by atoms with Crippen LogP contribution < -0.4 is 10.7 Å². The third-order valence-electron chi connectivity index (χ3n) is 6.11. The van der Waals surface area contributed by atoms with Gasteiger partial charge in [-0.15, -0.1) is 12.6 Å². The zero-order valence-electron chi connectivity index (χ0n) is 18.3. The summed E-state index contributed by atoms with van der Waals surface area (Å²) in [4.78, 5) is 41.2. The maximum absolute atomic E-state index is 13.9. The highest BCUT2D eigenvalue weighted by Crippen LogP contribution is 2.42. The summed E-state index contributed by atoms with van der Waals surface area (Å²) in [5.41, 5.74) is -1.59. The van der Waals surface area contributed by atoms with Crippen molar-refractivity contribution in [3.05, 3.63) is 63.1 Å². The quantitative estimate of drug-likeness (QED) is 0.584. The molecule has 176 valence electrons. The lowest BCUT2D eigenvalue weighted by Gasteiger charge is -2.46. The van der Waals surface area contributed by atoms with Gasteiger partial charge < -0.3 is 19.9 Å². The minimum atomic E-state index is -1.01. The lowest BCUT2D eigenvalue weighted by molar-refractivity contribution is 0.0272. The maximum Gasteiger partial charge on any atom is 0.276 e. The van der Waals surface area contributed by atoms with Gasteiger partial charge >= 0.3 is 0 Å². The number of fused-ring (bicyclic) bond motifs is 2. The number of carbonyl (C=O) groups excluding carboxylic acids is 2. The first-order valence-electron chi connectivity index (χ1n) is 10.5. The molecule has 1 unspecified atom stereocenters. The number of halogens is 2. The summed E-state index contributed by atoms with van der Waals surface area (Å²) in [6.07, 6.45) is 1.21. The molecule has 11 heteroatoms. The molecule has 2 aliphatic heterocycles. The second-order valence-corrected chi connectivity index (χ2v) is 9.37. The van der Waals surface area contributed by atoms with E-state index in [2.05, 4.69) is 10.2 Å². The van der Waals surface area contributed by atoms with Crippen molar-refractivity contribution < 1.29 is 23.5 Å². The molecule has 2 amide bonds. The van der Waals surface area contributed by atoms with E-state index < -0.39 is 45.2 Å². The van der Waals surface area contributed by atoms with E-state index in [0.717, 1.165) is 6.07 Å². The van der Waals surface area contributed by atoms with Crippen LogP contribution in [0.3, 0.4) is 0 Å². The zero-order valence-corrected chi connectivity index (χ0v) is 19.2. The first-order valence-corrected chi connectivity index (χ1v) is 10.9. The van der Waals surface area contributed by atoms with Crippen molar-refractivity contribution in [1.29, 1.82) is 0 Å². The Hall–Kier alpha value is -2.92. The van der Waals surface area contributed by atoms with Crippen molar-refractivity contribution in [3.8, 4) is 5.75 Å². The van der Waals surface area contributed by atoms with E-state index in [1.807, 2.05) is 20.8 Å². The molecule has 2 aliphatic rings. The molecule has 1 fully saturated rings. The van der Waals surface area contributed by atoms with Gasteiger partial charge in [0, 0.05) is 43.0 Å². The smallest absolute Gasteiger partial charge is 0.276 e. The van der Waals surface area contributed by atoms with E-state index in [4.69, 9.17) is 12.6 Å². The Morgan fingerprint density at radius 3 is 2.67 bits per heavy atom. The van der Waals surface area contributed by atoms with Crippen molar-refractivity contribution in [2.24, 2.45) is 0 Å². The molecule has 2 aromatic rings. The Balaban J connectivity index is 1.68. The summed E-state index contributed by atoms with van der Waals surface area (Å²) in [6.45, 7) is 6.11. The first kappa shape index (κ1) is 23.2. The number of pyridine rings is 1. The van der Waals surface area contributed by atoms with Crippen LogP contribution in [-0.2, 0) is 13.1 Å². The molecule has 0 bridgehead atoms. The number of thiol groups is 1. The fourth-order valence-corrected chi connectivity index (χ4v) is 5.53. The van der Waals surface area contributed by atoms with Crippen LogP contribution in [0.4, 0.5) is 8.78 Å². The van der Waals surface area contributed by atoms with Gasteiger partial charge in [0.2, 0.25) is 5.43 Å². The number of benzene rings is 1. The summed E-state index contributed by atoms with van der Waals surface area (Å²) in [5, 5.41) is 12.9. The van der Waals surface area contributed by atoms with Gasteiger partial charge in [-0.1, -0.05) is 6.07 Å². The largest absolute Gasteiger partial charge is 0.503 e. The highest BCUT2D eigenvalue weighted by atomic mass is 32.1. The second kappa shape index (κ2) is 8.14. The summed E-state index contributed by atoms with van der Waals surface area (Å²) in [6, 6.07) is 2.97. The van der Waals surface area contributed by atoms with E-state index >= 15 is 0 Å². The van der Waals surface area contributed by atoms with Crippen LogP contribution in [-0.4, -0.2) is 54.9 Å². The van der Waals surface area contributed by atoms with E-state index in [1.54, 1.807) is 0 Å². The molecule has 1 saturated heterocycles. The molecule has 4 rings (SSSR count). The second-order valence-electron chi connectivity index (χ2n) is 8.66. The van der Waals surface area contributed by atoms with Gasteiger partial charge in [0.15, 0.2) is 16.4 Å². The average Bonchev–Trinajstić information content (AvgIpc) is 3.00. The lowest BCUT2D eigenvalue weighted by atomic mass is 10.1. The number of nitrogens with zero attached hydrogens (tertiary/aromatic N) is 3. The van der Waals surface area contributed by atoms with Gasteiger partial charge in [-0.05, 0) is 26.8 Å². The molecule has 0 saturated carbocycles. The van der Waals surface area contributed by atoms with Crippen LogP contribution in [0, 0.1) is 11.6 Å². The monoisotopic (exact) mass is 478 g/mol. The standard InChI is InChI=1S/C22H24F2N4O4S/c1-11(2)28-12(3)8-27-21(32)17-19(30)18(29)15(9-26(17)10-22(27,28)33)20(31)25-7-13-4-5-14(23)6-16(13)24/h4-6,9,11-12,30,33H,7-8,10H2,1-3H3,(H,25,31)/t12-,22?/m0/s1. The Labute approximate surface area is 194 Å². The summed E-state index contributed by atoms with van der Waals surface area (Å²) in [7, 11) is 0. The number of rotatable bonds is 4. The van der Waals surface area contributed by atoms with Crippen LogP contribution in [0.1, 0.15) is 47.2 Å². The average molecular weight is 479 g/mol. The van der Waals surface area contributed by atoms with Gasteiger partial charge in [-0.2, -0.15) is 0 Å². The van der Waals surface area contributed by atoms with Crippen LogP contribution in [0.15, 0.2) is 29.2 Å². The third-order valence-corrected chi connectivity index (χ3v) is 6.72. The summed E-state index contributed by atoms with van der Waals surface area (Å²) >= 11 is 4.82. The fraction of sp³-hybridized carbons (Fsp3) is 0.409. The number of hydrogen-bond donors (Lipinski definition) is 3. The molecule has 8 nitrogen and oxygen atoms in total. The lowest BCUT2D eigenvalue weighted by Crippen LogP contribution is -2.60. The minimum Gasteiger partial charge on any atom is -0.503 e.